The van der Waals surface area contributed by atoms with E-state index in [1.807, 2.05) is 6.07 Å². The van der Waals surface area contributed by atoms with Gasteiger partial charge in [-0.15, -0.1) is 30.7 Å². The molecular weight excluding hydrogens is 484 g/mol. The van der Waals surface area contributed by atoms with Gasteiger partial charge in [0.05, 0.1) is 41.0 Å². The number of nitrogens with zero attached hydrogens (tertiary/aromatic N) is 9. The Morgan fingerprint density at radius 2 is 1.45 bits per heavy atom. The van der Waals surface area contributed by atoms with Crippen molar-refractivity contribution in [1.29, 1.82) is 0 Å². The van der Waals surface area contributed by atoms with Crippen LogP contribution in [0.1, 0.15) is 29.5 Å². The van der Waals surface area contributed by atoms with E-state index in [0.29, 0.717) is 79.8 Å². The smallest absolute Gasteiger partial charge is 0.211 e. The Morgan fingerprint density at radius 3 is 2.13 bits per heavy atom. The Morgan fingerprint density at radius 1 is 0.789 bits per heavy atom. The summed E-state index contributed by atoms with van der Waals surface area (Å²) in [6.45, 7) is 0. The van der Waals surface area contributed by atoms with Crippen LogP contribution in [0.2, 0.25) is 0 Å². The van der Waals surface area contributed by atoms with Crippen molar-refractivity contribution >= 4 is 53.1 Å². The molecule has 1 N–H and O–H groups in total. The summed E-state index contributed by atoms with van der Waals surface area (Å²) in [4.78, 5) is 37.6. The average molecular weight is 498 g/mol. The number of fused-ring (bicyclic) bond motifs is 3. The summed E-state index contributed by atoms with van der Waals surface area (Å²) in [6.07, 6.45) is 10.5. The first kappa shape index (κ1) is 20.8. The zero-order valence-corrected chi connectivity index (χ0v) is 19.5. The molecule has 8 rings (SSSR count). The van der Waals surface area contributed by atoms with E-state index in [-0.39, 0.29) is 11.7 Å². The Kier molecular flexibility index (Phi) is 4.13. The Balaban J connectivity index is 1.44. The first-order chi connectivity index (χ1) is 18.7. The van der Waals surface area contributed by atoms with E-state index in [1.165, 1.54) is 0 Å². The second-order valence-corrected chi connectivity index (χ2v) is 9.24. The van der Waals surface area contributed by atoms with Gasteiger partial charge in [-0.3, -0.25) is 19.6 Å². The molecule has 1 saturated carbocycles. The monoisotopic (exact) mass is 498 g/mol. The normalized spacial score (nSPS) is 21.4. The molecular formula is C26H14N10O2. The van der Waals surface area contributed by atoms with E-state index >= 15 is 0 Å². The number of benzene rings is 1. The lowest BCUT2D eigenvalue weighted by Crippen LogP contribution is -2.17. The minimum absolute atomic E-state index is 0.000683. The maximum Gasteiger partial charge on any atom is 0.211 e. The van der Waals surface area contributed by atoms with Gasteiger partial charge in [-0.25, -0.2) is 4.99 Å². The molecule has 1 aliphatic carbocycles. The number of nitrogens with one attached hydrogen (secondary N) is 1. The zero-order valence-electron chi connectivity index (χ0n) is 19.5. The zero-order chi connectivity index (χ0) is 25.4. The maximum absolute atomic E-state index is 13.1. The molecule has 0 radical (unpaired) electrons. The van der Waals surface area contributed by atoms with Crippen LogP contribution in [0.5, 0.6) is 0 Å². The number of hydrogen-bond donors (Lipinski definition) is 1. The fraction of sp³-hybridized carbons (Fsp3) is 0.115. The van der Waals surface area contributed by atoms with Crippen molar-refractivity contribution in [3.8, 4) is 0 Å². The number of ketones is 1. The standard InChI is InChI=1S/C26H14N10O2/c37-10-30-15-4-3-12(22-21-18(33-34-22)9-29-25(21)26(38)11-1-2-11)19(23-13-5-27-7-16(13)31-35-23)20(15)24-14-6-28-8-17(14)32-36-24/h3-11H,1-2H2,(H,30,37). The highest BCUT2D eigenvalue weighted by Crippen LogP contribution is 2.49. The molecule has 12 heteroatoms. The lowest BCUT2D eigenvalue weighted by molar-refractivity contribution is -0.114. The number of carbonyl (C=O) groups excluding carboxylic acids is 2. The third kappa shape index (κ3) is 2.82. The molecule has 0 unspecified atom stereocenters. The Labute approximate surface area is 213 Å². The minimum Gasteiger partial charge on any atom is -0.328 e. The van der Waals surface area contributed by atoms with Gasteiger partial charge >= 0.3 is 0 Å². The average Bonchev–Trinajstić information content (AvgIpc) is 3.49. The third-order valence-electron chi connectivity index (χ3n) is 7.01. The quantitative estimate of drug-likeness (QED) is 0.530. The second kappa shape index (κ2) is 7.56. The predicted molar refractivity (Wildman–Crippen MR) is 138 cm³/mol. The molecule has 0 saturated heterocycles. The largest absolute Gasteiger partial charge is 0.328 e. The molecule has 12 nitrogen and oxygen atoms in total. The number of anilines is 1. The highest BCUT2D eigenvalue weighted by molar-refractivity contribution is 6.50. The van der Waals surface area contributed by atoms with E-state index < -0.39 is 0 Å². The van der Waals surface area contributed by atoms with Gasteiger partial charge in [0.15, 0.2) is 5.78 Å². The maximum atomic E-state index is 13.1. The van der Waals surface area contributed by atoms with Crippen LogP contribution in [-0.2, 0) is 9.59 Å². The second-order valence-electron chi connectivity index (χ2n) is 9.24. The van der Waals surface area contributed by atoms with Crippen molar-refractivity contribution in [2.75, 3.05) is 5.32 Å². The molecule has 0 spiro atoms. The van der Waals surface area contributed by atoms with Gasteiger partial charge in [-0.05, 0) is 25.0 Å². The van der Waals surface area contributed by atoms with Crippen LogP contribution in [0, 0.1) is 5.92 Å². The number of hydrogen-bond acceptors (Lipinski definition) is 11. The van der Waals surface area contributed by atoms with Gasteiger partial charge in [0.1, 0.15) is 39.9 Å². The van der Waals surface area contributed by atoms with Crippen LogP contribution >= 0.6 is 0 Å². The molecule has 1 aromatic carbocycles. The SMILES string of the molecule is O=CNc1ccc(C2=C3C(=CN=C3C(=O)C3CC3)N=N2)c(C2=C3C=NC=C3N=N2)c1C1=C2C=NC=C2N=N1. The van der Waals surface area contributed by atoms with Crippen LogP contribution in [0.4, 0.5) is 5.69 Å². The van der Waals surface area contributed by atoms with E-state index in [9.17, 15) is 9.59 Å². The molecule has 0 aromatic heterocycles. The molecule has 6 aliphatic heterocycles. The molecule has 1 fully saturated rings. The number of Topliss-reactive ketones (excluding diaryl/α,β-unsaturated/α-hetero) is 1. The van der Waals surface area contributed by atoms with E-state index in [2.05, 4.69) is 51.0 Å². The van der Waals surface area contributed by atoms with Crippen molar-refractivity contribution < 1.29 is 9.59 Å². The van der Waals surface area contributed by atoms with Crippen molar-refractivity contribution in [1.82, 2.24) is 0 Å². The highest BCUT2D eigenvalue weighted by atomic mass is 16.1. The van der Waals surface area contributed by atoms with Gasteiger partial charge in [0, 0.05) is 35.0 Å². The summed E-state index contributed by atoms with van der Waals surface area (Å²) in [5.41, 5.74) is 8.00. The molecule has 1 aromatic rings. The first-order valence-corrected chi connectivity index (χ1v) is 11.9. The predicted octanol–water partition coefficient (Wildman–Crippen LogP) is 4.91. The number of carbonyl (C=O) groups is 2. The molecule has 0 bridgehead atoms. The van der Waals surface area contributed by atoms with Crippen LogP contribution in [0.3, 0.4) is 0 Å². The summed E-state index contributed by atoms with van der Waals surface area (Å²) in [5, 5.41) is 29.1. The van der Waals surface area contributed by atoms with Gasteiger partial charge in [0.2, 0.25) is 6.41 Å². The van der Waals surface area contributed by atoms with Crippen molar-refractivity contribution in [2.24, 2.45) is 51.6 Å². The van der Waals surface area contributed by atoms with Crippen LogP contribution < -0.4 is 5.32 Å². The van der Waals surface area contributed by atoms with Gasteiger partial charge in [0.25, 0.3) is 0 Å². The molecule has 38 heavy (non-hydrogen) atoms. The van der Waals surface area contributed by atoms with Gasteiger partial charge < -0.3 is 5.32 Å². The molecule has 1 amide bonds. The van der Waals surface area contributed by atoms with Gasteiger partial charge in [-0.2, -0.15) is 0 Å². The van der Waals surface area contributed by atoms with Crippen molar-refractivity contribution in [3.05, 3.63) is 81.2 Å². The molecule has 7 aliphatic rings. The lowest BCUT2D eigenvalue weighted by Gasteiger charge is -2.18. The summed E-state index contributed by atoms with van der Waals surface area (Å²) in [5.74, 6) is -0.0158. The van der Waals surface area contributed by atoms with Crippen molar-refractivity contribution in [2.45, 2.75) is 12.8 Å². The number of allylic oxidation sites excluding steroid dienone is 3. The minimum atomic E-state index is -0.0151. The fourth-order valence-electron chi connectivity index (χ4n) is 5.07. The summed E-state index contributed by atoms with van der Waals surface area (Å²) in [6, 6.07) is 3.58. The number of amides is 1. The molecule has 0 atom stereocenters. The van der Waals surface area contributed by atoms with Crippen LogP contribution in [0.25, 0.3) is 17.1 Å². The Hall–Kier alpha value is -5.39. The molecule has 180 valence electrons. The summed E-state index contributed by atoms with van der Waals surface area (Å²) < 4.78 is 0. The van der Waals surface area contributed by atoms with Crippen LogP contribution in [-0.4, -0.2) is 30.3 Å². The third-order valence-corrected chi connectivity index (χ3v) is 7.01. The number of aliphatic imine (C=N–C) groups is 3. The molecule has 6 heterocycles. The van der Waals surface area contributed by atoms with E-state index in [1.54, 1.807) is 37.1 Å². The first-order valence-electron chi connectivity index (χ1n) is 11.9. The summed E-state index contributed by atoms with van der Waals surface area (Å²) in [7, 11) is 0. The fourth-order valence-corrected chi connectivity index (χ4v) is 5.07. The summed E-state index contributed by atoms with van der Waals surface area (Å²) >= 11 is 0. The van der Waals surface area contributed by atoms with Gasteiger partial charge in [-0.1, -0.05) is 0 Å². The topological polar surface area (TPSA) is 157 Å². The Bertz CT molecular complexity index is 1820. The van der Waals surface area contributed by atoms with Crippen molar-refractivity contribution in [3.63, 3.8) is 0 Å². The number of azo groups is 3. The number of rotatable bonds is 7. The van der Waals surface area contributed by atoms with E-state index in [4.69, 9.17) is 0 Å². The lowest BCUT2D eigenvalue weighted by atomic mass is 9.88. The highest BCUT2D eigenvalue weighted by Gasteiger charge is 2.40. The van der Waals surface area contributed by atoms with Crippen LogP contribution in [0.15, 0.2) is 110 Å². The van der Waals surface area contributed by atoms with E-state index in [0.717, 1.165) is 18.4 Å².